The van der Waals surface area contributed by atoms with Crippen molar-refractivity contribution in [3.05, 3.63) is 28.0 Å². The first-order valence-corrected chi connectivity index (χ1v) is 5.89. The van der Waals surface area contributed by atoms with E-state index in [1.54, 1.807) is 0 Å². The van der Waals surface area contributed by atoms with Crippen molar-refractivity contribution in [2.75, 3.05) is 5.32 Å². The van der Waals surface area contributed by atoms with Gasteiger partial charge in [-0.2, -0.15) is 13.2 Å². The molecule has 0 aliphatic heterocycles. The molecule has 1 aromatic rings. The molecule has 1 N–H and O–H groups in total. The van der Waals surface area contributed by atoms with Crippen LogP contribution in [-0.2, 0) is 6.18 Å². The van der Waals surface area contributed by atoms with E-state index in [1.165, 1.54) is 0 Å². The molecule has 0 bridgehead atoms. The lowest BCUT2D eigenvalue weighted by atomic mass is 10.2. The van der Waals surface area contributed by atoms with Gasteiger partial charge in [0.15, 0.2) is 0 Å². The molecule has 0 radical (unpaired) electrons. The molecule has 0 aromatic heterocycles. The zero-order valence-electron chi connectivity index (χ0n) is 9.03. The molecule has 1 aromatic carbocycles. The van der Waals surface area contributed by atoms with Gasteiger partial charge >= 0.3 is 6.18 Å². The van der Waals surface area contributed by atoms with Crippen LogP contribution in [0.3, 0.4) is 0 Å². The van der Waals surface area contributed by atoms with E-state index in [0.717, 1.165) is 17.6 Å². The summed E-state index contributed by atoms with van der Waals surface area (Å²) in [6.45, 7) is 4.00. The molecule has 1 nitrogen and oxygen atoms in total. The predicted octanol–water partition coefficient (Wildman–Crippen LogP) is 5.00. The van der Waals surface area contributed by atoms with Crippen molar-refractivity contribution in [3.63, 3.8) is 0 Å². The van der Waals surface area contributed by atoms with Crippen LogP contribution in [0.4, 0.5) is 23.2 Å². The molecule has 0 amide bonds. The summed E-state index contributed by atoms with van der Waals surface area (Å²) in [5, 5.41) is 2.32. The molecule has 0 aliphatic rings. The lowest BCUT2D eigenvalue weighted by Crippen LogP contribution is -2.08. The normalized spacial score (nSPS) is 10.3. The van der Waals surface area contributed by atoms with Crippen molar-refractivity contribution in [1.29, 1.82) is 0 Å². The van der Waals surface area contributed by atoms with Crippen molar-refractivity contribution in [1.82, 2.24) is 0 Å². The molecule has 7 heteroatoms. The fourth-order valence-corrected chi connectivity index (χ4v) is 1.54. The smallest absolute Gasteiger partial charge is 0.353 e. The zero-order chi connectivity index (χ0) is 13.6. The minimum absolute atomic E-state index is 0.0435. The summed E-state index contributed by atoms with van der Waals surface area (Å²) in [7, 11) is 0. The molecule has 0 saturated heterocycles. The molecule has 0 aliphatic carbocycles. The Kier molecular flexibility index (Phi) is 6.62. The van der Waals surface area contributed by atoms with Gasteiger partial charge in [-0.25, -0.2) is 4.39 Å². The fourth-order valence-electron chi connectivity index (χ4n) is 0.947. The topological polar surface area (TPSA) is 12.0 Å². The molecule has 0 fully saturated rings. The molecule has 96 valence electrons. The van der Waals surface area contributed by atoms with Crippen molar-refractivity contribution in [2.45, 2.75) is 20.0 Å². The number of benzene rings is 1. The number of hydrogen-bond acceptors (Lipinski definition) is 1. The Morgan fingerprint density at radius 1 is 1.29 bits per heavy atom. The highest BCUT2D eigenvalue weighted by Gasteiger charge is 2.34. The van der Waals surface area contributed by atoms with Crippen LogP contribution in [0.25, 0.3) is 0 Å². The Bertz CT molecular complexity index is 393. The van der Waals surface area contributed by atoms with Gasteiger partial charge in [-0.3, -0.25) is 0 Å². The quantitative estimate of drug-likeness (QED) is 0.604. The second-order valence-electron chi connectivity index (χ2n) is 2.58. The highest BCUT2D eigenvalue weighted by molar-refractivity contribution is 9.10. The highest BCUT2D eigenvalue weighted by Crippen LogP contribution is 2.37. The Morgan fingerprint density at radius 3 is 2.24 bits per heavy atom. The van der Waals surface area contributed by atoms with Crippen LogP contribution in [0.1, 0.15) is 19.4 Å². The number of rotatable bonds is 2. The molecule has 17 heavy (non-hydrogen) atoms. The monoisotopic (exact) mass is 331 g/mol. The van der Waals surface area contributed by atoms with Gasteiger partial charge < -0.3 is 5.32 Å². The van der Waals surface area contributed by atoms with E-state index in [0.29, 0.717) is 0 Å². The summed E-state index contributed by atoms with van der Waals surface area (Å²) >= 11 is 6.94. The largest absolute Gasteiger partial charge is 0.417 e. The summed E-state index contributed by atoms with van der Waals surface area (Å²) in [6, 6.07) is 1.69. The van der Waals surface area contributed by atoms with E-state index >= 15 is 0 Å². The number of anilines is 1. The van der Waals surface area contributed by atoms with Gasteiger partial charge in [-0.1, -0.05) is 26.1 Å². The first-order chi connectivity index (χ1) is 7.86. The fraction of sp³-hybridized carbons (Fsp3) is 0.300. The summed E-state index contributed by atoms with van der Waals surface area (Å²) in [4.78, 5) is 0. The molecule has 0 saturated carbocycles. The minimum Gasteiger partial charge on any atom is -0.353 e. The average Bonchev–Trinajstić information content (AvgIpc) is 2.25. The SMILES string of the molecule is CC.Fc1cc(NC=S)cc(C(F)(F)F)c1Br. The Hall–Kier alpha value is -0.690. The zero-order valence-corrected chi connectivity index (χ0v) is 11.4. The van der Waals surface area contributed by atoms with Crippen LogP contribution in [-0.4, -0.2) is 5.49 Å². The van der Waals surface area contributed by atoms with Gasteiger partial charge in [0, 0.05) is 5.69 Å². The van der Waals surface area contributed by atoms with Crippen LogP contribution in [0, 0.1) is 5.82 Å². The number of thiocarbonyl (C=S) groups is 1. The molecular weight excluding hydrogens is 322 g/mol. The third-order valence-corrected chi connectivity index (χ3v) is 2.48. The Morgan fingerprint density at radius 2 is 1.82 bits per heavy atom. The highest BCUT2D eigenvalue weighted by atomic mass is 79.9. The third-order valence-electron chi connectivity index (χ3n) is 1.56. The van der Waals surface area contributed by atoms with E-state index in [1.807, 2.05) is 13.8 Å². The van der Waals surface area contributed by atoms with Crippen molar-refractivity contribution >= 4 is 39.3 Å². The van der Waals surface area contributed by atoms with E-state index < -0.39 is 22.0 Å². The summed E-state index contributed by atoms with van der Waals surface area (Å²) in [6.07, 6.45) is -4.61. The van der Waals surface area contributed by atoms with Crippen molar-refractivity contribution in [2.24, 2.45) is 0 Å². The Labute approximate surface area is 110 Å². The average molecular weight is 332 g/mol. The maximum atomic E-state index is 13.1. The molecule has 1 rings (SSSR count). The standard InChI is InChI=1S/C8H4BrF4NS.C2H6/c9-7-5(8(11,12)13)1-4(14-3-15)2-6(7)10;1-2/h1-3H,(H,14,15);1-2H3. The molecular formula is C10H10BrF4NS. The molecule has 0 heterocycles. The second-order valence-corrected chi connectivity index (χ2v) is 3.61. The number of alkyl halides is 3. The Balaban J connectivity index is 0.00000121. The summed E-state index contributed by atoms with van der Waals surface area (Å²) < 4.78 is 49.6. The van der Waals surface area contributed by atoms with Crippen LogP contribution in [0.15, 0.2) is 16.6 Å². The minimum atomic E-state index is -4.61. The lowest BCUT2D eigenvalue weighted by molar-refractivity contribution is -0.138. The van der Waals surface area contributed by atoms with Crippen LogP contribution in [0.2, 0.25) is 0 Å². The predicted molar refractivity (Wildman–Crippen MR) is 67.7 cm³/mol. The first kappa shape index (κ1) is 16.3. The van der Waals surface area contributed by atoms with Gasteiger partial charge in [0.25, 0.3) is 0 Å². The van der Waals surface area contributed by atoms with Gasteiger partial charge in [-0.05, 0) is 28.1 Å². The first-order valence-electron chi connectivity index (χ1n) is 4.62. The number of nitrogens with one attached hydrogen (secondary N) is 1. The van der Waals surface area contributed by atoms with Crippen LogP contribution in [0.5, 0.6) is 0 Å². The maximum absolute atomic E-state index is 13.1. The van der Waals surface area contributed by atoms with Crippen molar-refractivity contribution in [3.8, 4) is 0 Å². The number of hydrogen-bond donors (Lipinski definition) is 1. The van der Waals surface area contributed by atoms with E-state index in [2.05, 4.69) is 33.5 Å². The van der Waals surface area contributed by atoms with Gasteiger partial charge in [0.1, 0.15) is 5.82 Å². The summed E-state index contributed by atoms with van der Waals surface area (Å²) in [5.74, 6) is -0.996. The second kappa shape index (κ2) is 6.90. The van der Waals surface area contributed by atoms with Gasteiger partial charge in [0.2, 0.25) is 0 Å². The molecule has 0 atom stereocenters. The van der Waals surface area contributed by atoms with E-state index in [4.69, 9.17) is 0 Å². The van der Waals surface area contributed by atoms with Gasteiger partial charge in [-0.15, -0.1) is 0 Å². The van der Waals surface area contributed by atoms with Crippen LogP contribution < -0.4 is 5.32 Å². The van der Waals surface area contributed by atoms with Crippen molar-refractivity contribution < 1.29 is 17.6 Å². The van der Waals surface area contributed by atoms with E-state index in [9.17, 15) is 17.6 Å². The molecule has 0 spiro atoms. The summed E-state index contributed by atoms with van der Waals surface area (Å²) in [5.41, 5.74) is -0.122. The maximum Gasteiger partial charge on any atom is 0.417 e. The molecule has 0 unspecified atom stereocenters. The van der Waals surface area contributed by atoms with Gasteiger partial charge in [0.05, 0.1) is 15.5 Å². The van der Waals surface area contributed by atoms with E-state index in [-0.39, 0.29) is 5.69 Å². The number of halogens is 5. The van der Waals surface area contributed by atoms with Crippen LogP contribution >= 0.6 is 28.1 Å². The third kappa shape index (κ3) is 4.59. The lowest BCUT2D eigenvalue weighted by Gasteiger charge is -2.11.